The Bertz CT molecular complexity index is 409. The summed E-state index contributed by atoms with van der Waals surface area (Å²) in [6.45, 7) is 4.62. The van der Waals surface area contributed by atoms with Crippen LogP contribution in [0.25, 0.3) is 0 Å². The maximum atomic E-state index is 11.8. The van der Waals surface area contributed by atoms with Gasteiger partial charge in [-0.05, 0) is 13.5 Å². The molecule has 98 valence electrons. The first-order valence-corrected chi connectivity index (χ1v) is 6.11. The molecule has 0 aliphatic carbocycles. The number of amides is 1. The standard InChI is InChI=1S/C10H13N5O.C2H6/c1-15-6-7(4-8(15)5-11)9(16)14-10-12-2-3-13-10;1-2/h2-3,7-8H,4,6H2,1H3,(H2,12,13,14,16);1-2H3. The molecule has 18 heavy (non-hydrogen) atoms. The maximum absolute atomic E-state index is 11.8. The highest BCUT2D eigenvalue weighted by molar-refractivity contribution is 5.91. The van der Waals surface area contributed by atoms with Crippen LogP contribution in [0.1, 0.15) is 20.3 Å². The molecular weight excluding hydrogens is 230 g/mol. The molecule has 6 heteroatoms. The smallest absolute Gasteiger partial charge is 0.231 e. The zero-order chi connectivity index (χ0) is 13.5. The van der Waals surface area contributed by atoms with E-state index in [0.29, 0.717) is 18.9 Å². The third-order valence-corrected chi connectivity index (χ3v) is 2.81. The highest BCUT2D eigenvalue weighted by atomic mass is 16.2. The fourth-order valence-corrected chi connectivity index (χ4v) is 1.89. The number of carbonyl (C=O) groups excluding carboxylic acids is 1. The van der Waals surface area contributed by atoms with E-state index >= 15 is 0 Å². The van der Waals surface area contributed by atoms with Gasteiger partial charge in [-0.25, -0.2) is 4.98 Å². The number of aromatic nitrogens is 2. The Morgan fingerprint density at radius 1 is 1.67 bits per heavy atom. The summed E-state index contributed by atoms with van der Waals surface area (Å²) in [5.74, 6) is 0.229. The molecule has 2 unspecified atom stereocenters. The average Bonchev–Trinajstić information content (AvgIpc) is 3.01. The Kier molecular flexibility index (Phi) is 5.33. The average molecular weight is 249 g/mol. The van der Waals surface area contributed by atoms with Crippen LogP contribution in [-0.4, -0.2) is 40.4 Å². The number of nitrogens with zero attached hydrogens (tertiary/aromatic N) is 3. The first-order chi connectivity index (χ1) is 8.70. The van der Waals surface area contributed by atoms with Gasteiger partial charge in [-0.2, -0.15) is 5.26 Å². The van der Waals surface area contributed by atoms with Crippen LogP contribution in [0.2, 0.25) is 0 Å². The van der Waals surface area contributed by atoms with E-state index < -0.39 is 0 Å². The second-order valence-corrected chi connectivity index (χ2v) is 3.94. The summed E-state index contributed by atoms with van der Waals surface area (Å²) >= 11 is 0. The lowest BCUT2D eigenvalue weighted by atomic mass is 10.1. The molecule has 1 aromatic rings. The molecule has 1 aliphatic rings. The van der Waals surface area contributed by atoms with E-state index in [-0.39, 0.29) is 17.9 Å². The van der Waals surface area contributed by atoms with Crippen molar-refractivity contribution in [1.29, 1.82) is 5.26 Å². The van der Waals surface area contributed by atoms with Crippen molar-refractivity contribution in [3.63, 3.8) is 0 Å². The Morgan fingerprint density at radius 2 is 2.39 bits per heavy atom. The SMILES string of the molecule is CC.CN1CC(C(=O)Nc2ncc[nH]2)CC1C#N. The first-order valence-electron chi connectivity index (χ1n) is 6.11. The van der Waals surface area contributed by atoms with Crippen molar-refractivity contribution in [2.75, 3.05) is 18.9 Å². The molecule has 1 amide bonds. The first kappa shape index (κ1) is 14.2. The summed E-state index contributed by atoms with van der Waals surface area (Å²) in [5.41, 5.74) is 0. The predicted octanol–water partition coefficient (Wildman–Crippen LogP) is 1.22. The molecule has 1 aromatic heterocycles. The van der Waals surface area contributed by atoms with Gasteiger partial charge in [-0.1, -0.05) is 13.8 Å². The molecule has 6 nitrogen and oxygen atoms in total. The van der Waals surface area contributed by atoms with Crippen molar-refractivity contribution in [3.05, 3.63) is 12.4 Å². The maximum Gasteiger partial charge on any atom is 0.231 e. The Morgan fingerprint density at radius 3 is 2.89 bits per heavy atom. The van der Waals surface area contributed by atoms with E-state index in [1.54, 1.807) is 12.4 Å². The highest BCUT2D eigenvalue weighted by Crippen LogP contribution is 2.21. The minimum atomic E-state index is -0.160. The Balaban J connectivity index is 0.000000771. The summed E-state index contributed by atoms with van der Waals surface area (Å²) in [6, 6.07) is 2.02. The number of anilines is 1. The van der Waals surface area contributed by atoms with Gasteiger partial charge in [0.1, 0.15) is 0 Å². The van der Waals surface area contributed by atoms with Gasteiger partial charge in [0, 0.05) is 18.9 Å². The van der Waals surface area contributed by atoms with E-state index in [4.69, 9.17) is 5.26 Å². The number of aromatic amines is 1. The summed E-state index contributed by atoms with van der Waals surface area (Å²) in [6.07, 6.45) is 3.81. The molecule has 0 saturated carbocycles. The monoisotopic (exact) mass is 249 g/mol. The van der Waals surface area contributed by atoms with Gasteiger partial charge >= 0.3 is 0 Å². The third kappa shape index (κ3) is 3.31. The van der Waals surface area contributed by atoms with Gasteiger partial charge in [-0.3, -0.25) is 15.0 Å². The molecule has 2 atom stereocenters. The molecule has 0 aromatic carbocycles. The van der Waals surface area contributed by atoms with Crippen molar-refractivity contribution in [1.82, 2.24) is 14.9 Å². The van der Waals surface area contributed by atoms with Gasteiger partial charge in [0.25, 0.3) is 0 Å². The van der Waals surface area contributed by atoms with Crippen LogP contribution in [-0.2, 0) is 4.79 Å². The summed E-state index contributed by atoms with van der Waals surface area (Å²) in [7, 11) is 1.86. The van der Waals surface area contributed by atoms with E-state index in [1.165, 1.54) is 0 Å². The lowest BCUT2D eigenvalue weighted by molar-refractivity contribution is -0.119. The van der Waals surface area contributed by atoms with Gasteiger partial charge in [0.15, 0.2) is 0 Å². The topological polar surface area (TPSA) is 84.8 Å². The van der Waals surface area contributed by atoms with Crippen LogP contribution in [0.3, 0.4) is 0 Å². The second-order valence-electron chi connectivity index (χ2n) is 3.94. The fraction of sp³-hybridized carbons (Fsp3) is 0.583. The summed E-state index contributed by atoms with van der Waals surface area (Å²) in [5, 5.41) is 11.5. The summed E-state index contributed by atoms with van der Waals surface area (Å²) < 4.78 is 0. The van der Waals surface area contributed by atoms with E-state index in [2.05, 4.69) is 21.4 Å². The molecule has 0 spiro atoms. The molecule has 1 saturated heterocycles. The zero-order valence-electron chi connectivity index (χ0n) is 11.0. The van der Waals surface area contributed by atoms with Crippen LogP contribution in [0.4, 0.5) is 5.95 Å². The van der Waals surface area contributed by atoms with Crippen molar-refractivity contribution in [2.45, 2.75) is 26.3 Å². The largest absolute Gasteiger partial charge is 0.331 e. The molecule has 0 radical (unpaired) electrons. The molecular formula is C12H19N5O. The number of nitrogens with one attached hydrogen (secondary N) is 2. The minimum absolute atomic E-state index is 0.0837. The Hall–Kier alpha value is -1.87. The van der Waals surface area contributed by atoms with E-state index in [9.17, 15) is 4.79 Å². The third-order valence-electron chi connectivity index (χ3n) is 2.81. The quantitative estimate of drug-likeness (QED) is 0.825. The molecule has 2 rings (SSSR count). The number of carbonyl (C=O) groups is 1. The van der Waals surface area contributed by atoms with Crippen LogP contribution < -0.4 is 5.32 Å². The molecule has 0 bridgehead atoms. The summed E-state index contributed by atoms with van der Waals surface area (Å²) in [4.78, 5) is 20.4. The van der Waals surface area contributed by atoms with Crippen LogP contribution >= 0.6 is 0 Å². The normalized spacial score (nSPS) is 22.8. The number of imidazole rings is 1. The lowest BCUT2D eigenvalue weighted by Crippen LogP contribution is -2.26. The number of nitriles is 1. The molecule has 1 fully saturated rings. The fourth-order valence-electron chi connectivity index (χ4n) is 1.89. The second kappa shape index (κ2) is 6.77. The van der Waals surface area contributed by atoms with Crippen LogP contribution in [0.15, 0.2) is 12.4 Å². The molecule has 2 heterocycles. The minimum Gasteiger partial charge on any atom is -0.331 e. The van der Waals surface area contributed by atoms with Crippen molar-refractivity contribution in [2.24, 2.45) is 5.92 Å². The molecule has 1 aliphatic heterocycles. The van der Waals surface area contributed by atoms with Crippen LogP contribution in [0, 0.1) is 17.2 Å². The van der Waals surface area contributed by atoms with Crippen molar-refractivity contribution in [3.8, 4) is 6.07 Å². The highest BCUT2D eigenvalue weighted by Gasteiger charge is 2.34. The number of hydrogen-bond acceptors (Lipinski definition) is 4. The van der Waals surface area contributed by atoms with Crippen molar-refractivity contribution >= 4 is 11.9 Å². The number of rotatable bonds is 2. The zero-order valence-corrected chi connectivity index (χ0v) is 11.0. The van der Waals surface area contributed by atoms with Gasteiger partial charge in [0.05, 0.1) is 18.0 Å². The predicted molar refractivity (Wildman–Crippen MR) is 68.7 cm³/mol. The Labute approximate surface area is 107 Å². The van der Waals surface area contributed by atoms with E-state index in [0.717, 1.165) is 0 Å². The van der Waals surface area contributed by atoms with E-state index in [1.807, 2.05) is 25.8 Å². The van der Waals surface area contributed by atoms with Gasteiger partial charge in [0.2, 0.25) is 11.9 Å². The number of hydrogen-bond donors (Lipinski definition) is 2. The number of likely N-dealkylation sites (tertiary alicyclic amines) is 1. The van der Waals surface area contributed by atoms with Gasteiger partial charge in [-0.15, -0.1) is 0 Å². The molecule has 2 N–H and O–H groups in total. The van der Waals surface area contributed by atoms with Crippen LogP contribution in [0.5, 0.6) is 0 Å². The number of H-pyrrole nitrogens is 1. The van der Waals surface area contributed by atoms with Crippen molar-refractivity contribution < 1.29 is 4.79 Å². The van der Waals surface area contributed by atoms with Gasteiger partial charge < -0.3 is 4.98 Å². The lowest BCUT2D eigenvalue weighted by Gasteiger charge is -2.10.